The average Bonchev–Trinajstić information content (AvgIpc) is 3.47. The SMILES string of the molecule is CCOC(=O)[C@@H]1[C@@H]2CC(C)C3(S2)C(C(=O)Nc2c(C)cccc2C)N([C@H](CO)c2ccccc2)C(=O)[C@H]13. The van der Waals surface area contributed by atoms with Gasteiger partial charge >= 0.3 is 5.97 Å². The van der Waals surface area contributed by atoms with Crippen LogP contribution in [0.4, 0.5) is 5.69 Å². The lowest BCUT2D eigenvalue weighted by atomic mass is 9.66. The third-order valence-electron chi connectivity index (χ3n) is 8.41. The molecule has 5 rings (SSSR count). The van der Waals surface area contributed by atoms with Crippen molar-refractivity contribution in [2.75, 3.05) is 18.5 Å². The number of thioether (sulfide) groups is 1. The molecule has 0 aromatic heterocycles. The number of likely N-dealkylation sites (tertiary alicyclic amines) is 1. The van der Waals surface area contributed by atoms with E-state index in [1.54, 1.807) is 23.6 Å². The molecular formula is C29H34N2O5S. The lowest BCUT2D eigenvalue weighted by Crippen LogP contribution is -2.55. The number of rotatable bonds is 7. The molecule has 2 aromatic rings. The number of fused-ring (bicyclic) bond motifs is 1. The zero-order chi connectivity index (χ0) is 26.5. The molecule has 2 N–H and O–H groups in total. The maximum atomic E-state index is 14.3. The van der Waals surface area contributed by atoms with Crippen molar-refractivity contribution in [1.29, 1.82) is 0 Å². The van der Waals surface area contributed by atoms with Gasteiger partial charge in [-0.2, -0.15) is 0 Å². The molecule has 7 nitrogen and oxygen atoms in total. The molecule has 2 aromatic carbocycles. The van der Waals surface area contributed by atoms with Gasteiger partial charge in [0.15, 0.2) is 0 Å². The highest BCUT2D eigenvalue weighted by Gasteiger charge is 2.77. The van der Waals surface area contributed by atoms with E-state index < -0.39 is 28.7 Å². The topological polar surface area (TPSA) is 95.9 Å². The number of para-hydroxylation sites is 1. The normalized spacial score (nSPS) is 30.8. The van der Waals surface area contributed by atoms with Gasteiger partial charge in [0, 0.05) is 10.9 Å². The second-order valence-electron chi connectivity index (χ2n) is 10.4. The number of ether oxygens (including phenoxy) is 1. The molecule has 3 heterocycles. The number of nitrogens with one attached hydrogen (secondary N) is 1. The molecule has 3 fully saturated rings. The van der Waals surface area contributed by atoms with Crippen LogP contribution in [0.15, 0.2) is 48.5 Å². The number of hydrogen-bond acceptors (Lipinski definition) is 6. The van der Waals surface area contributed by atoms with Gasteiger partial charge in [0.2, 0.25) is 11.8 Å². The van der Waals surface area contributed by atoms with Crippen molar-refractivity contribution < 1.29 is 24.2 Å². The fourth-order valence-electron chi connectivity index (χ4n) is 6.83. The molecule has 7 atom stereocenters. The predicted molar refractivity (Wildman–Crippen MR) is 143 cm³/mol. The summed E-state index contributed by atoms with van der Waals surface area (Å²) in [7, 11) is 0. The summed E-state index contributed by atoms with van der Waals surface area (Å²) in [6.45, 7) is 7.62. The average molecular weight is 523 g/mol. The third-order valence-corrected chi connectivity index (χ3v) is 10.5. The molecule has 3 unspecified atom stereocenters. The van der Waals surface area contributed by atoms with Gasteiger partial charge < -0.3 is 20.1 Å². The number of anilines is 1. The number of aliphatic hydroxyl groups is 1. The van der Waals surface area contributed by atoms with Crippen LogP contribution in [0.1, 0.15) is 43.0 Å². The Kier molecular flexibility index (Phi) is 6.83. The Hall–Kier alpha value is -2.84. The molecule has 0 radical (unpaired) electrons. The zero-order valence-corrected chi connectivity index (χ0v) is 22.5. The quantitative estimate of drug-likeness (QED) is 0.536. The van der Waals surface area contributed by atoms with Gasteiger partial charge in [0.25, 0.3) is 0 Å². The number of hydrogen-bond donors (Lipinski definition) is 2. The van der Waals surface area contributed by atoms with Crippen molar-refractivity contribution in [2.45, 2.75) is 56.2 Å². The Morgan fingerprint density at radius 3 is 2.46 bits per heavy atom. The number of carbonyl (C=O) groups excluding carboxylic acids is 3. The molecule has 37 heavy (non-hydrogen) atoms. The van der Waals surface area contributed by atoms with Crippen LogP contribution in [0.25, 0.3) is 0 Å². The highest BCUT2D eigenvalue weighted by Crippen LogP contribution is 2.69. The summed E-state index contributed by atoms with van der Waals surface area (Å²) in [4.78, 5) is 43.3. The molecule has 2 bridgehead atoms. The van der Waals surface area contributed by atoms with Crippen LogP contribution in [0.5, 0.6) is 0 Å². The van der Waals surface area contributed by atoms with Crippen molar-refractivity contribution in [3.05, 3.63) is 65.2 Å². The fraction of sp³-hybridized carbons (Fsp3) is 0.483. The lowest BCUT2D eigenvalue weighted by Gasteiger charge is -2.40. The van der Waals surface area contributed by atoms with Gasteiger partial charge in [0.05, 0.1) is 35.8 Å². The molecule has 196 valence electrons. The summed E-state index contributed by atoms with van der Waals surface area (Å²) < 4.78 is 4.63. The van der Waals surface area contributed by atoms with Gasteiger partial charge in [-0.1, -0.05) is 55.5 Å². The molecule has 3 aliphatic rings. The van der Waals surface area contributed by atoms with Crippen molar-refractivity contribution in [3.63, 3.8) is 0 Å². The summed E-state index contributed by atoms with van der Waals surface area (Å²) in [5.41, 5.74) is 3.34. The van der Waals surface area contributed by atoms with Crippen LogP contribution in [-0.4, -0.2) is 57.0 Å². The van der Waals surface area contributed by atoms with Gasteiger partial charge in [-0.05, 0) is 49.8 Å². The van der Waals surface area contributed by atoms with E-state index in [0.717, 1.165) is 28.8 Å². The maximum absolute atomic E-state index is 14.3. The van der Waals surface area contributed by atoms with E-state index in [1.165, 1.54) is 0 Å². The fourth-order valence-corrected chi connectivity index (χ4v) is 9.23. The largest absolute Gasteiger partial charge is 0.466 e. The standard InChI is InChI=1S/C29H34N2O5S/c1-5-36-28(35)22-21-14-18(4)29(37-21)23(22)27(34)31(20(15-32)19-12-7-6-8-13-19)25(29)26(33)30-24-16(2)10-9-11-17(24)3/h6-13,18,20-23,25,32H,5,14-15H2,1-4H3,(H,30,33)/t18?,20-,21+,22-,23+,25?,29?/m1/s1. The van der Waals surface area contributed by atoms with E-state index in [0.29, 0.717) is 0 Å². The summed E-state index contributed by atoms with van der Waals surface area (Å²) in [6.07, 6.45) is 0.730. The molecular weight excluding hydrogens is 488 g/mol. The first kappa shape index (κ1) is 25.8. The minimum Gasteiger partial charge on any atom is -0.466 e. The van der Waals surface area contributed by atoms with Gasteiger partial charge in [-0.15, -0.1) is 11.8 Å². The highest BCUT2D eigenvalue weighted by atomic mass is 32.2. The molecule has 1 spiro atoms. The maximum Gasteiger partial charge on any atom is 0.310 e. The first-order valence-corrected chi connectivity index (χ1v) is 13.8. The Labute approximate surface area is 222 Å². The van der Waals surface area contributed by atoms with Crippen molar-refractivity contribution in [3.8, 4) is 0 Å². The number of esters is 1. The Morgan fingerprint density at radius 1 is 1.16 bits per heavy atom. The number of benzene rings is 2. The summed E-state index contributed by atoms with van der Waals surface area (Å²) >= 11 is 1.60. The van der Waals surface area contributed by atoms with Crippen molar-refractivity contribution in [1.82, 2.24) is 4.90 Å². The van der Waals surface area contributed by atoms with E-state index in [1.807, 2.05) is 62.4 Å². The molecule has 3 saturated heterocycles. The van der Waals surface area contributed by atoms with Gasteiger partial charge in [-0.25, -0.2) is 0 Å². The number of carbonyl (C=O) groups is 3. The Bertz CT molecular complexity index is 1200. The number of nitrogens with zero attached hydrogens (tertiary/aromatic N) is 1. The van der Waals surface area contributed by atoms with E-state index in [-0.39, 0.29) is 42.2 Å². The van der Waals surface area contributed by atoms with Crippen LogP contribution in [-0.2, 0) is 19.1 Å². The smallest absolute Gasteiger partial charge is 0.310 e. The van der Waals surface area contributed by atoms with Crippen LogP contribution in [0.2, 0.25) is 0 Å². The van der Waals surface area contributed by atoms with Crippen LogP contribution in [0, 0.1) is 31.6 Å². The summed E-state index contributed by atoms with van der Waals surface area (Å²) in [6, 6.07) is 13.6. The molecule has 0 saturated carbocycles. The predicted octanol–water partition coefficient (Wildman–Crippen LogP) is 3.88. The summed E-state index contributed by atoms with van der Waals surface area (Å²) in [5, 5.41) is 13.6. The second-order valence-corrected chi connectivity index (χ2v) is 12.0. The van der Waals surface area contributed by atoms with E-state index in [4.69, 9.17) is 4.74 Å². The zero-order valence-electron chi connectivity index (χ0n) is 21.6. The van der Waals surface area contributed by atoms with E-state index >= 15 is 0 Å². The first-order chi connectivity index (χ1) is 17.8. The number of aliphatic hydroxyl groups excluding tert-OH is 1. The Balaban J connectivity index is 1.64. The van der Waals surface area contributed by atoms with Crippen LogP contribution >= 0.6 is 11.8 Å². The van der Waals surface area contributed by atoms with E-state index in [2.05, 4.69) is 12.2 Å². The Morgan fingerprint density at radius 2 is 1.84 bits per heavy atom. The van der Waals surface area contributed by atoms with Crippen molar-refractivity contribution in [2.24, 2.45) is 17.8 Å². The lowest BCUT2D eigenvalue weighted by molar-refractivity contribution is -0.154. The number of amides is 2. The second kappa shape index (κ2) is 9.80. The minimum absolute atomic E-state index is 0.0240. The molecule has 2 amide bonds. The van der Waals surface area contributed by atoms with E-state index in [9.17, 15) is 19.5 Å². The monoisotopic (exact) mass is 522 g/mol. The highest BCUT2D eigenvalue weighted by molar-refractivity contribution is 8.02. The molecule has 0 aliphatic carbocycles. The third kappa shape index (κ3) is 3.87. The molecule has 8 heteroatoms. The van der Waals surface area contributed by atoms with Gasteiger partial charge in [0.1, 0.15) is 6.04 Å². The van der Waals surface area contributed by atoms with Crippen LogP contribution < -0.4 is 5.32 Å². The molecule has 3 aliphatic heterocycles. The summed E-state index contributed by atoms with van der Waals surface area (Å²) in [5.74, 6) is -2.18. The minimum atomic E-state index is -0.856. The number of aryl methyl sites for hydroxylation is 2. The van der Waals surface area contributed by atoms with Crippen LogP contribution in [0.3, 0.4) is 0 Å². The first-order valence-electron chi connectivity index (χ1n) is 13.0. The van der Waals surface area contributed by atoms with Crippen molar-refractivity contribution >= 4 is 35.2 Å². The van der Waals surface area contributed by atoms with Gasteiger partial charge in [-0.3, -0.25) is 14.4 Å².